The zero-order chi connectivity index (χ0) is 12.4. The molecule has 0 unspecified atom stereocenters. The topological polar surface area (TPSA) is 46.5 Å². The lowest BCUT2D eigenvalue weighted by Gasteiger charge is -2.05. The van der Waals surface area contributed by atoms with Gasteiger partial charge in [-0.15, -0.1) is 11.3 Å². The molecule has 0 aliphatic rings. The van der Waals surface area contributed by atoms with E-state index in [-0.39, 0.29) is 4.88 Å². The standard InChI is InChI=1S/C13H12O3S/c1-8-3-9(2)5-10(4-8)16-11-6-12(13(14)15)17-7-11/h3-7H,1-2H3,(H,14,15). The summed E-state index contributed by atoms with van der Waals surface area (Å²) >= 11 is 1.16. The Bertz CT molecular complexity index is 537. The summed E-state index contributed by atoms with van der Waals surface area (Å²) in [6.45, 7) is 3.99. The smallest absolute Gasteiger partial charge is 0.346 e. The number of carboxylic acid groups (broad SMARTS) is 1. The van der Waals surface area contributed by atoms with E-state index in [1.54, 1.807) is 5.38 Å². The molecule has 3 nitrogen and oxygen atoms in total. The number of thiophene rings is 1. The Morgan fingerprint density at radius 3 is 2.29 bits per heavy atom. The fraction of sp³-hybridized carbons (Fsp3) is 0.154. The highest BCUT2D eigenvalue weighted by Crippen LogP contribution is 2.28. The van der Waals surface area contributed by atoms with Crippen molar-refractivity contribution in [3.63, 3.8) is 0 Å². The van der Waals surface area contributed by atoms with Crippen molar-refractivity contribution in [2.45, 2.75) is 13.8 Å². The van der Waals surface area contributed by atoms with Gasteiger partial charge >= 0.3 is 5.97 Å². The first kappa shape index (κ1) is 11.7. The molecule has 17 heavy (non-hydrogen) atoms. The minimum atomic E-state index is -0.926. The number of carbonyl (C=O) groups is 1. The maximum absolute atomic E-state index is 10.7. The van der Waals surface area contributed by atoms with E-state index < -0.39 is 5.97 Å². The Balaban J connectivity index is 2.22. The summed E-state index contributed by atoms with van der Waals surface area (Å²) in [6.07, 6.45) is 0. The second-order valence-corrected chi connectivity index (χ2v) is 4.79. The summed E-state index contributed by atoms with van der Waals surface area (Å²) in [5.74, 6) is 0.375. The fourth-order valence-corrected chi connectivity index (χ4v) is 2.26. The molecule has 0 atom stereocenters. The van der Waals surface area contributed by atoms with Gasteiger partial charge < -0.3 is 9.84 Å². The van der Waals surface area contributed by atoms with Crippen LogP contribution in [0, 0.1) is 13.8 Å². The number of benzene rings is 1. The number of aromatic carboxylic acids is 1. The molecular weight excluding hydrogens is 236 g/mol. The van der Waals surface area contributed by atoms with Crippen LogP contribution in [0.5, 0.6) is 11.5 Å². The predicted molar refractivity (Wildman–Crippen MR) is 67.3 cm³/mol. The maximum atomic E-state index is 10.7. The normalized spacial score (nSPS) is 10.2. The summed E-state index contributed by atoms with van der Waals surface area (Å²) in [5, 5.41) is 10.5. The third-order valence-corrected chi connectivity index (χ3v) is 3.11. The molecule has 1 aromatic carbocycles. The molecule has 0 spiro atoms. The van der Waals surface area contributed by atoms with Crippen molar-refractivity contribution in [3.8, 4) is 11.5 Å². The molecule has 0 fully saturated rings. The van der Waals surface area contributed by atoms with Crippen molar-refractivity contribution < 1.29 is 14.6 Å². The van der Waals surface area contributed by atoms with Gasteiger partial charge in [0, 0.05) is 11.4 Å². The minimum Gasteiger partial charge on any atom is -0.477 e. The minimum absolute atomic E-state index is 0.282. The SMILES string of the molecule is Cc1cc(C)cc(Oc2csc(C(=O)O)c2)c1. The average molecular weight is 248 g/mol. The van der Waals surface area contributed by atoms with Gasteiger partial charge in [-0.25, -0.2) is 4.79 Å². The molecule has 1 aromatic heterocycles. The van der Waals surface area contributed by atoms with Crippen LogP contribution in [0.3, 0.4) is 0 Å². The van der Waals surface area contributed by atoms with Gasteiger partial charge in [-0.05, 0) is 37.1 Å². The highest BCUT2D eigenvalue weighted by molar-refractivity contribution is 7.12. The Kier molecular flexibility index (Phi) is 3.15. The Morgan fingerprint density at radius 2 is 1.76 bits per heavy atom. The van der Waals surface area contributed by atoms with Gasteiger partial charge in [-0.3, -0.25) is 0 Å². The second-order valence-electron chi connectivity index (χ2n) is 3.88. The van der Waals surface area contributed by atoms with Crippen LogP contribution in [0.1, 0.15) is 20.8 Å². The largest absolute Gasteiger partial charge is 0.477 e. The number of carboxylic acids is 1. The molecule has 2 rings (SSSR count). The molecule has 0 radical (unpaired) electrons. The molecule has 0 bridgehead atoms. The summed E-state index contributed by atoms with van der Waals surface area (Å²) in [5.41, 5.74) is 2.24. The van der Waals surface area contributed by atoms with Crippen LogP contribution >= 0.6 is 11.3 Å². The van der Waals surface area contributed by atoms with Crippen LogP contribution in [0.15, 0.2) is 29.6 Å². The monoisotopic (exact) mass is 248 g/mol. The number of ether oxygens (including phenoxy) is 1. The summed E-state index contributed by atoms with van der Waals surface area (Å²) < 4.78 is 5.62. The van der Waals surface area contributed by atoms with Crippen molar-refractivity contribution in [2.24, 2.45) is 0 Å². The van der Waals surface area contributed by atoms with Gasteiger partial charge in [0.05, 0.1) is 0 Å². The van der Waals surface area contributed by atoms with E-state index in [4.69, 9.17) is 9.84 Å². The molecule has 0 aliphatic heterocycles. The summed E-state index contributed by atoms with van der Waals surface area (Å²) in [7, 11) is 0. The average Bonchev–Trinajstić information content (AvgIpc) is 2.64. The lowest BCUT2D eigenvalue weighted by Crippen LogP contribution is -1.90. The van der Waals surface area contributed by atoms with E-state index in [9.17, 15) is 4.79 Å². The quantitative estimate of drug-likeness (QED) is 0.897. The zero-order valence-electron chi connectivity index (χ0n) is 9.56. The first-order chi connectivity index (χ1) is 8.04. The van der Waals surface area contributed by atoms with Crippen molar-refractivity contribution in [2.75, 3.05) is 0 Å². The van der Waals surface area contributed by atoms with Gasteiger partial charge in [0.25, 0.3) is 0 Å². The lowest BCUT2D eigenvalue weighted by molar-refractivity contribution is 0.0702. The van der Waals surface area contributed by atoms with E-state index in [0.717, 1.165) is 28.2 Å². The van der Waals surface area contributed by atoms with E-state index in [1.165, 1.54) is 6.07 Å². The van der Waals surface area contributed by atoms with E-state index in [2.05, 4.69) is 6.07 Å². The van der Waals surface area contributed by atoms with Gasteiger partial charge in [0.15, 0.2) is 0 Å². The molecular formula is C13H12O3S. The van der Waals surface area contributed by atoms with Gasteiger partial charge in [-0.2, -0.15) is 0 Å². The van der Waals surface area contributed by atoms with Crippen LogP contribution in [-0.2, 0) is 0 Å². The number of hydrogen-bond acceptors (Lipinski definition) is 3. The molecule has 4 heteroatoms. The molecule has 0 amide bonds. The second kappa shape index (κ2) is 4.59. The van der Waals surface area contributed by atoms with Gasteiger partial charge in [-0.1, -0.05) is 6.07 Å². The van der Waals surface area contributed by atoms with E-state index >= 15 is 0 Å². The summed E-state index contributed by atoms with van der Waals surface area (Å²) in [4.78, 5) is 11.0. The Morgan fingerprint density at radius 1 is 1.12 bits per heavy atom. The zero-order valence-corrected chi connectivity index (χ0v) is 10.4. The summed E-state index contributed by atoms with van der Waals surface area (Å²) in [6, 6.07) is 7.43. The fourth-order valence-electron chi connectivity index (χ4n) is 1.61. The number of rotatable bonds is 3. The van der Waals surface area contributed by atoms with Gasteiger partial charge in [0.2, 0.25) is 0 Å². The first-order valence-electron chi connectivity index (χ1n) is 5.12. The molecule has 0 aliphatic carbocycles. The van der Waals surface area contributed by atoms with Crippen molar-refractivity contribution in [1.82, 2.24) is 0 Å². The molecule has 0 saturated heterocycles. The highest BCUT2D eigenvalue weighted by Gasteiger charge is 2.08. The maximum Gasteiger partial charge on any atom is 0.346 e. The van der Waals surface area contributed by atoms with Crippen LogP contribution in [0.4, 0.5) is 0 Å². The molecule has 1 N–H and O–H groups in total. The Hall–Kier alpha value is -1.81. The van der Waals surface area contributed by atoms with E-state index in [0.29, 0.717) is 5.75 Å². The molecule has 2 aromatic rings. The molecule has 1 heterocycles. The highest BCUT2D eigenvalue weighted by atomic mass is 32.1. The van der Waals surface area contributed by atoms with E-state index in [1.807, 2.05) is 26.0 Å². The Labute approximate surface area is 103 Å². The number of hydrogen-bond donors (Lipinski definition) is 1. The van der Waals surface area contributed by atoms with Crippen LogP contribution in [0.2, 0.25) is 0 Å². The number of aryl methyl sites for hydroxylation is 2. The molecule has 88 valence electrons. The predicted octanol–water partition coefficient (Wildman–Crippen LogP) is 3.86. The first-order valence-corrected chi connectivity index (χ1v) is 6.00. The van der Waals surface area contributed by atoms with Crippen molar-refractivity contribution >= 4 is 17.3 Å². The van der Waals surface area contributed by atoms with Crippen LogP contribution < -0.4 is 4.74 Å². The lowest BCUT2D eigenvalue weighted by atomic mass is 10.1. The van der Waals surface area contributed by atoms with Crippen LogP contribution in [-0.4, -0.2) is 11.1 Å². The van der Waals surface area contributed by atoms with Crippen molar-refractivity contribution in [3.05, 3.63) is 45.6 Å². The van der Waals surface area contributed by atoms with Gasteiger partial charge in [0.1, 0.15) is 16.4 Å². The van der Waals surface area contributed by atoms with Crippen molar-refractivity contribution in [1.29, 1.82) is 0 Å². The van der Waals surface area contributed by atoms with Crippen LogP contribution in [0.25, 0.3) is 0 Å². The third-order valence-electron chi connectivity index (χ3n) is 2.22. The third kappa shape index (κ3) is 2.85. The molecule has 0 saturated carbocycles.